The third-order valence-electron chi connectivity index (χ3n) is 3.69. The van der Waals surface area contributed by atoms with Crippen LogP contribution < -0.4 is 10.6 Å². The van der Waals surface area contributed by atoms with Gasteiger partial charge in [0, 0.05) is 29.3 Å². The van der Waals surface area contributed by atoms with Crippen molar-refractivity contribution in [3.63, 3.8) is 0 Å². The van der Waals surface area contributed by atoms with E-state index in [1.165, 1.54) is 36.9 Å². The molecule has 0 atom stereocenters. The number of halogens is 1. The molecular formula is C14H21BrN2. The van der Waals surface area contributed by atoms with Crippen molar-refractivity contribution >= 4 is 21.6 Å². The summed E-state index contributed by atoms with van der Waals surface area (Å²) in [5.41, 5.74) is 8.19. The maximum Gasteiger partial charge on any atom is 0.0380 e. The third-order valence-corrected chi connectivity index (χ3v) is 4.43. The van der Waals surface area contributed by atoms with Crippen molar-refractivity contribution in [3.05, 3.63) is 28.2 Å². The molecule has 0 aromatic heterocycles. The number of rotatable bonds is 4. The molecule has 1 aromatic carbocycles. The van der Waals surface area contributed by atoms with Crippen LogP contribution in [0.4, 0.5) is 5.69 Å². The Morgan fingerprint density at radius 3 is 2.59 bits per heavy atom. The molecule has 1 aliphatic carbocycles. The van der Waals surface area contributed by atoms with Crippen LogP contribution in [0.15, 0.2) is 22.7 Å². The standard InChI is InChI=1S/C14H21BrN2/c1-2-17(12-5-3-4-6-12)13-8-7-11(10-16)14(15)9-13/h7-9,12H,2-6,10,16H2,1H3. The van der Waals surface area contributed by atoms with Crippen molar-refractivity contribution in [3.8, 4) is 0 Å². The van der Waals surface area contributed by atoms with Gasteiger partial charge in [0.1, 0.15) is 0 Å². The summed E-state index contributed by atoms with van der Waals surface area (Å²) >= 11 is 3.61. The summed E-state index contributed by atoms with van der Waals surface area (Å²) in [5.74, 6) is 0. The van der Waals surface area contributed by atoms with Crippen LogP contribution in [-0.4, -0.2) is 12.6 Å². The number of hydrogen-bond donors (Lipinski definition) is 1. The fraction of sp³-hybridized carbons (Fsp3) is 0.571. The third kappa shape index (κ3) is 2.83. The van der Waals surface area contributed by atoms with Gasteiger partial charge in [-0.15, -0.1) is 0 Å². The molecule has 1 saturated carbocycles. The van der Waals surface area contributed by atoms with E-state index in [4.69, 9.17) is 5.73 Å². The van der Waals surface area contributed by atoms with Gasteiger partial charge in [-0.3, -0.25) is 0 Å². The zero-order chi connectivity index (χ0) is 12.3. The van der Waals surface area contributed by atoms with Crippen LogP contribution in [-0.2, 0) is 6.54 Å². The van der Waals surface area contributed by atoms with E-state index in [1.807, 2.05) is 0 Å². The first kappa shape index (κ1) is 12.9. The lowest BCUT2D eigenvalue weighted by Crippen LogP contribution is -2.32. The van der Waals surface area contributed by atoms with Gasteiger partial charge in [-0.25, -0.2) is 0 Å². The zero-order valence-electron chi connectivity index (χ0n) is 10.5. The summed E-state index contributed by atoms with van der Waals surface area (Å²) in [6, 6.07) is 7.28. The zero-order valence-corrected chi connectivity index (χ0v) is 12.0. The SMILES string of the molecule is CCN(c1ccc(CN)c(Br)c1)C1CCCC1. The molecule has 0 radical (unpaired) electrons. The van der Waals surface area contributed by atoms with E-state index < -0.39 is 0 Å². The lowest BCUT2D eigenvalue weighted by molar-refractivity contribution is 0.620. The average molecular weight is 297 g/mol. The van der Waals surface area contributed by atoms with Crippen LogP contribution in [0.2, 0.25) is 0 Å². The molecule has 0 saturated heterocycles. The van der Waals surface area contributed by atoms with Crippen molar-refractivity contribution in [1.82, 2.24) is 0 Å². The highest BCUT2D eigenvalue weighted by molar-refractivity contribution is 9.10. The molecule has 0 aliphatic heterocycles. The van der Waals surface area contributed by atoms with E-state index in [0.29, 0.717) is 6.54 Å². The molecule has 1 aromatic rings. The molecule has 1 fully saturated rings. The molecule has 94 valence electrons. The fourth-order valence-corrected chi connectivity index (χ4v) is 3.28. The second-order valence-electron chi connectivity index (χ2n) is 4.70. The minimum Gasteiger partial charge on any atom is -0.369 e. The molecule has 0 amide bonds. The quantitative estimate of drug-likeness (QED) is 0.918. The first-order valence-corrected chi connectivity index (χ1v) is 7.30. The Bertz CT molecular complexity index is 372. The molecular weight excluding hydrogens is 276 g/mol. The highest BCUT2D eigenvalue weighted by atomic mass is 79.9. The monoisotopic (exact) mass is 296 g/mol. The van der Waals surface area contributed by atoms with Crippen LogP contribution in [0.5, 0.6) is 0 Å². The Balaban J connectivity index is 2.21. The van der Waals surface area contributed by atoms with Crippen molar-refractivity contribution in [1.29, 1.82) is 0 Å². The molecule has 2 N–H and O–H groups in total. The summed E-state index contributed by atoms with van der Waals surface area (Å²) in [5, 5.41) is 0. The second kappa shape index (κ2) is 5.87. The van der Waals surface area contributed by atoms with Crippen molar-refractivity contribution in [2.24, 2.45) is 5.73 Å². The van der Waals surface area contributed by atoms with Crippen molar-refractivity contribution < 1.29 is 0 Å². The Morgan fingerprint density at radius 2 is 2.06 bits per heavy atom. The lowest BCUT2D eigenvalue weighted by Gasteiger charge is -2.30. The van der Waals surface area contributed by atoms with E-state index >= 15 is 0 Å². The molecule has 2 rings (SSSR count). The van der Waals surface area contributed by atoms with Crippen LogP contribution >= 0.6 is 15.9 Å². The Hall–Kier alpha value is -0.540. The Morgan fingerprint density at radius 1 is 1.35 bits per heavy atom. The predicted molar refractivity (Wildman–Crippen MR) is 77.3 cm³/mol. The minimum atomic E-state index is 0.594. The van der Waals surface area contributed by atoms with Crippen LogP contribution in [0.25, 0.3) is 0 Å². The van der Waals surface area contributed by atoms with Crippen LogP contribution in [0, 0.1) is 0 Å². The number of nitrogens with zero attached hydrogens (tertiary/aromatic N) is 1. The van der Waals surface area contributed by atoms with E-state index in [9.17, 15) is 0 Å². The molecule has 0 spiro atoms. The molecule has 0 heterocycles. The number of nitrogens with two attached hydrogens (primary N) is 1. The molecule has 0 bridgehead atoms. The van der Waals surface area contributed by atoms with Gasteiger partial charge in [0.25, 0.3) is 0 Å². The first-order chi connectivity index (χ1) is 8.26. The highest BCUT2D eigenvalue weighted by Gasteiger charge is 2.21. The van der Waals surface area contributed by atoms with Crippen molar-refractivity contribution in [2.75, 3.05) is 11.4 Å². The van der Waals surface area contributed by atoms with E-state index in [2.05, 4.69) is 46.0 Å². The highest BCUT2D eigenvalue weighted by Crippen LogP contribution is 2.30. The normalized spacial score (nSPS) is 16.4. The van der Waals surface area contributed by atoms with Gasteiger partial charge >= 0.3 is 0 Å². The van der Waals surface area contributed by atoms with Gasteiger partial charge in [0.05, 0.1) is 0 Å². The fourth-order valence-electron chi connectivity index (χ4n) is 2.75. The molecule has 1 aliphatic rings. The van der Waals surface area contributed by atoms with Crippen molar-refractivity contribution in [2.45, 2.75) is 45.2 Å². The average Bonchev–Trinajstić information content (AvgIpc) is 2.84. The Labute approximate surface area is 112 Å². The predicted octanol–water partition coefficient (Wildman–Crippen LogP) is 3.68. The van der Waals surface area contributed by atoms with Gasteiger partial charge < -0.3 is 10.6 Å². The smallest absolute Gasteiger partial charge is 0.0380 e. The molecule has 2 nitrogen and oxygen atoms in total. The van der Waals surface area contributed by atoms with Gasteiger partial charge in [-0.2, -0.15) is 0 Å². The van der Waals surface area contributed by atoms with E-state index in [-0.39, 0.29) is 0 Å². The summed E-state index contributed by atoms with van der Waals surface area (Å²) in [4.78, 5) is 2.53. The molecule has 3 heteroatoms. The first-order valence-electron chi connectivity index (χ1n) is 6.51. The molecule has 17 heavy (non-hydrogen) atoms. The Kier molecular flexibility index (Phi) is 4.46. The lowest BCUT2D eigenvalue weighted by atomic mass is 10.1. The summed E-state index contributed by atoms with van der Waals surface area (Å²) in [7, 11) is 0. The van der Waals surface area contributed by atoms with Gasteiger partial charge in [0.15, 0.2) is 0 Å². The minimum absolute atomic E-state index is 0.594. The van der Waals surface area contributed by atoms with E-state index in [1.54, 1.807) is 0 Å². The van der Waals surface area contributed by atoms with Crippen LogP contribution in [0.3, 0.4) is 0 Å². The van der Waals surface area contributed by atoms with E-state index in [0.717, 1.165) is 17.1 Å². The van der Waals surface area contributed by atoms with Gasteiger partial charge in [-0.05, 0) is 37.5 Å². The summed E-state index contributed by atoms with van der Waals surface area (Å²) in [6.45, 7) is 3.92. The topological polar surface area (TPSA) is 29.3 Å². The van der Waals surface area contributed by atoms with Gasteiger partial charge in [0.2, 0.25) is 0 Å². The largest absolute Gasteiger partial charge is 0.369 e. The summed E-state index contributed by atoms with van der Waals surface area (Å²) < 4.78 is 1.13. The second-order valence-corrected chi connectivity index (χ2v) is 5.56. The maximum absolute atomic E-state index is 5.69. The molecule has 0 unspecified atom stereocenters. The number of hydrogen-bond acceptors (Lipinski definition) is 2. The number of benzene rings is 1. The van der Waals surface area contributed by atoms with Crippen LogP contribution in [0.1, 0.15) is 38.2 Å². The van der Waals surface area contributed by atoms with Gasteiger partial charge in [-0.1, -0.05) is 34.8 Å². The number of anilines is 1. The maximum atomic E-state index is 5.69. The summed E-state index contributed by atoms with van der Waals surface area (Å²) in [6.07, 6.45) is 5.43.